The predicted molar refractivity (Wildman–Crippen MR) is 190 cm³/mol. The van der Waals surface area contributed by atoms with Gasteiger partial charge in [0, 0.05) is 6.42 Å². The fourth-order valence-electron chi connectivity index (χ4n) is 5.81. The molecule has 0 aliphatic carbocycles. The van der Waals surface area contributed by atoms with Gasteiger partial charge in [-0.1, -0.05) is 167 Å². The van der Waals surface area contributed by atoms with Crippen molar-refractivity contribution in [1.82, 2.24) is 5.32 Å². The molecule has 0 fully saturated rings. The Kier molecular flexibility index (Phi) is 32.7. The Labute approximate surface area is 278 Å². The van der Waals surface area contributed by atoms with Crippen molar-refractivity contribution in [2.45, 2.75) is 212 Å². The molecule has 4 N–H and O–H groups in total. The van der Waals surface area contributed by atoms with Crippen LogP contribution in [0.25, 0.3) is 0 Å². The maximum Gasteiger partial charge on any atom is 0.469 e. The molecule has 45 heavy (non-hydrogen) atoms. The number of aliphatic hydroxyl groups excluding tert-OH is 1. The van der Waals surface area contributed by atoms with Crippen molar-refractivity contribution < 1.29 is 28.8 Å². The van der Waals surface area contributed by atoms with Crippen LogP contribution in [0.1, 0.15) is 200 Å². The molecule has 0 aromatic carbocycles. The van der Waals surface area contributed by atoms with Crippen molar-refractivity contribution in [1.29, 1.82) is 0 Å². The van der Waals surface area contributed by atoms with E-state index in [0.717, 1.165) is 51.4 Å². The Morgan fingerprint density at radius 2 is 1.00 bits per heavy atom. The lowest BCUT2D eigenvalue weighted by Gasteiger charge is -2.24. The fourth-order valence-corrected chi connectivity index (χ4v) is 6.17. The molecule has 1 amide bonds. The number of phosphoric acid groups is 1. The lowest BCUT2D eigenvalue weighted by atomic mass is 10.0. The summed E-state index contributed by atoms with van der Waals surface area (Å²) < 4.78 is 15.9. The minimum Gasteiger partial charge on any atom is -0.391 e. The Morgan fingerprint density at radius 3 is 1.42 bits per heavy atom. The molecule has 0 aliphatic rings. The summed E-state index contributed by atoms with van der Waals surface area (Å²) in [6, 6.07) is -0.824. The number of carbonyl (C=O) groups is 1. The van der Waals surface area contributed by atoms with E-state index < -0.39 is 26.6 Å². The first-order valence-corrected chi connectivity index (χ1v) is 20.7. The minimum absolute atomic E-state index is 0.202. The highest BCUT2D eigenvalue weighted by Crippen LogP contribution is 2.36. The summed E-state index contributed by atoms with van der Waals surface area (Å²) in [5.74, 6) is -0.202. The molecule has 0 aromatic rings. The van der Waals surface area contributed by atoms with E-state index in [-0.39, 0.29) is 5.91 Å². The molecular formula is C37H74NO6P. The molecule has 0 aromatic heterocycles. The highest BCUT2D eigenvalue weighted by Gasteiger charge is 2.25. The average Bonchev–Trinajstić information content (AvgIpc) is 3.00. The van der Waals surface area contributed by atoms with E-state index in [4.69, 9.17) is 9.79 Å². The van der Waals surface area contributed by atoms with E-state index in [1.807, 2.05) is 0 Å². The molecule has 0 rings (SSSR count). The molecular weight excluding hydrogens is 585 g/mol. The summed E-state index contributed by atoms with van der Waals surface area (Å²) in [4.78, 5) is 30.8. The van der Waals surface area contributed by atoms with Gasteiger partial charge in [-0.2, -0.15) is 0 Å². The molecule has 8 heteroatoms. The molecule has 0 radical (unpaired) electrons. The highest BCUT2D eigenvalue weighted by atomic mass is 31.2. The number of hydrogen-bond donors (Lipinski definition) is 4. The van der Waals surface area contributed by atoms with Gasteiger partial charge in [-0.25, -0.2) is 4.57 Å². The summed E-state index contributed by atoms with van der Waals surface area (Å²) in [5.41, 5.74) is 0. The summed E-state index contributed by atoms with van der Waals surface area (Å²) in [6.45, 7) is 4.11. The fraction of sp³-hybridized carbons (Fsp3) is 0.919. The van der Waals surface area contributed by atoms with Crippen LogP contribution in [0.5, 0.6) is 0 Å². The molecule has 0 saturated heterocycles. The minimum atomic E-state index is -4.69. The largest absolute Gasteiger partial charge is 0.469 e. The van der Waals surface area contributed by atoms with Crippen LogP contribution in [0, 0.1) is 0 Å². The van der Waals surface area contributed by atoms with Gasteiger partial charge < -0.3 is 20.2 Å². The van der Waals surface area contributed by atoms with Crippen LogP contribution in [0.2, 0.25) is 0 Å². The second kappa shape index (κ2) is 33.2. The topological polar surface area (TPSA) is 116 Å². The normalized spacial score (nSPS) is 13.4. The third kappa shape index (κ3) is 34.4. The van der Waals surface area contributed by atoms with E-state index >= 15 is 0 Å². The first-order chi connectivity index (χ1) is 21.8. The van der Waals surface area contributed by atoms with E-state index in [1.165, 1.54) is 122 Å². The summed E-state index contributed by atoms with van der Waals surface area (Å²) >= 11 is 0. The first-order valence-electron chi connectivity index (χ1n) is 19.1. The van der Waals surface area contributed by atoms with Crippen molar-refractivity contribution in [3.05, 3.63) is 12.2 Å². The summed E-state index contributed by atoms with van der Waals surface area (Å²) in [6.07, 6.45) is 37.6. The van der Waals surface area contributed by atoms with Crippen LogP contribution in [0.15, 0.2) is 12.2 Å². The van der Waals surface area contributed by atoms with Gasteiger partial charge in [-0.15, -0.1) is 0 Å². The van der Waals surface area contributed by atoms with Gasteiger partial charge in [0.2, 0.25) is 5.91 Å². The van der Waals surface area contributed by atoms with E-state index in [9.17, 15) is 14.5 Å². The van der Waals surface area contributed by atoms with Gasteiger partial charge in [-0.05, 0) is 38.5 Å². The maximum absolute atomic E-state index is 12.5. The molecule has 0 bridgehead atoms. The zero-order chi connectivity index (χ0) is 33.3. The Balaban J connectivity index is 3.98. The quantitative estimate of drug-likeness (QED) is 0.0306. The van der Waals surface area contributed by atoms with Crippen molar-refractivity contribution in [3.63, 3.8) is 0 Å². The number of amides is 1. The van der Waals surface area contributed by atoms with Crippen LogP contribution < -0.4 is 5.32 Å². The molecule has 2 atom stereocenters. The van der Waals surface area contributed by atoms with Gasteiger partial charge in [0.1, 0.15) is 0 Å². The van der Waals surface area contributed by atoms with Crippen LogP contribution in [0.3, 0.4) is 0 Å². The van der Waals surface area contributed by atoms with E-state index in [0.29, 0.717) is 12.8 Å². The second-order valence-corrected chi connectivity index (χ2v) is 14.5. The molecule has 7 nitrogen and oxygen atoms in total. The number of phosphoric ester groups is 1. The molecule has 268 valence electrons. The van der Waals surface area contributed by atoms with Gasteiger partial charge in [-0.3, -0.25) is 9.32 Å². The zero-order valence-corrected chi connectivity index (χ0v) is 30.4. The Bertz CT molecular complexity index is 713. The van der Waals surface area contributed by atoms with Crippen LogP contribution in [0.4, 0.5) is 0 Å². The van der Waals surface area contributed by atoms with Gasteiger partial charge in [0.15, 0.2) is 0 Å². The Hall–Kier alpha value is -0.720. The highest BCUT2D eigenvalue weighted by molar-refractivity contribution is 7.46. The van der Waals surface area contributed by atoms with Crippen LogP contribution in [-0.4, -0.2) is 39.6 Å². The number of hydrogen-bond acceptors (Lipinski definition) is 4. The third-order valence-electron chi connectivity index (χ3n) is 8.75. The summed E-state index contributed by atoms with van der Waals surface area (Å²) in [5, 5.41) is 13.5. The lowest BCUT2D eigenvalue weighted by molar-refractivity contribution is -0.123. The number of rotatable bonds is 35. The first kappa shape index (κ1) is 44.3. The van der Waals surface area contributed by atoms with Gasteiger partial charge in [0.25, 0.3) is 0 Å². The number of allylic oxidation sites excluding steroid dienone is 2. The number of aliphatic hydroxyl groups is 1. The van der Waals surface area contributed by atoms with Crippen LogP contribution in [-0.2, 0) is 13.9 Å². The van der Waals surface area contributed by atoms with Crippen LogP contribution >= 0.6 is 7.82 Å². The third-order valence-corrected chi connectivity index (χ3v) is 9.24. The van der Waals surface area contributed by atoms with Crippen molar-refractivity contribution in [2.24, 2.45) is 0 Å². The van der Waals surface area contributed by atoms with Crippen molar-refractivity contribution in [3.8, 4) is 0 Å². The maximum atomic E-state index is 12.5. The lowest BCUT2D eigenvalue weighted by Crippen LogP contribution is -2.46. The second-order valence-electron chi connectivity index (χ2n) is 13.2. The van der Waals surface area contributed by atoms with Gasteiger partial charge in [0.05, 0.1) is 18.8 Å². The molecule has 0 aliphatic heterocycles. The van der Waals surface area contributed by atoms with Gasteiger partial charge >= 0.3 is 7.82 Å². The zero-order valence-electron chi connectivity index (χ0n) is 29.5. The SMILES string of the molecule is CCCCCCCC/C=C/CCCCCCCC(=O)N[C@@H](COP(=O)(O)O)[C@H](O)CCCCCCCCCCCCCCCC. The summed E-state index contributed by atoms with van der Waals surface area (Å²) in [7, 11) is -4.69. The van der Waals surface area contributed by atoms with E-state index in [1.54, 1.807) is 0 Å². The average molecular weight is 660 g/mol. The smallest absolute Gasteiger partial charge is 0.391 e. The number of carbonyl (C=O) groups excluding carboxylic acids is 1. The molecule has 0 unspecified atom stereocenters. The van der Waals surface area contributed by atoms with Crippen molar-refractivity contribution >= 4 is 13.7 Å². The van der Waals surface area contributed by atoms with E-state index in [2.05, 4.69) is 35.8 Å². The Morgan fingerprint density at radius 1 is 0.622 bits per heavy atom. The molecule has 0 heterocycles. The standard InChI is InChI=1S/C37H74NO6P/c1-3-5-7-9-11-13-15-17-19-21-23-25-27-29-31-33-37(40)38-35(34-44-45(41,42)43)36(39)32-30-28-26-24-22-20-18-16-14-12-10-8-6-4-2/h17,19,35-36,39H,3-16,18,20-34H2,1-2H3,(H,38,40)(H2,41,42,43)/b19-17+/t35-,36+/m0/s1. The number of nitrogens with one attached hydrogen (secondary N) is 1. The number of unbranched alkanes of at least 4 members (excludes halogenated alkanes) is 24. The molecule has 0 spiro atoms. The molecule has 0 saturated carbocycles. The predicted octanol–water partition coefficient (Wildman–Crippen LogP) is 10.9. The van der Waals surface area contributed by atoms with Crippen molar-refractivity contribution in [2.75, 3.05) is 6.61 Å². The monoisotopic (exact) mass is 660 g/mol.